The number of anilines is 1. The zero-order valence-corrected chi connectivity index (χ0v) is 16.8. The first-order valence-electron chi connectivity index (χ1n) is 8.74. The predicted octanol–water partition coefficient (Wildman–Crippen LogP) is 4.84. The molecule has 26 heavy (non-hydrogen) atoms. The van der Waals surface area contributed by atoms with Crippen LogP contribution in [0.5, 0.6) is 0 Å². The molecule has 0 fully saturated rings. The van der Waals surface area contributed by atoms with Crippen LogP contribution < -0.4 is 10.6 Å². The quantitative estimate of drug-likeness (QED) is 0.583. The summed E-state index contributed by atoms with van der Waals surface area (Å²) in [5.41, 5.74) is 6.01. The highest BCUT2D eigenvalue weighted by atomic mass is 32.1. The van der Waals surface area contributed by atoms with Crippen LogP contribution >= 0.6 is 12.2 Å². The van der Waals surface area contributed by atoms with Crippen LogP contribution in [0.25, 0.3) is 0 Å². The minimum atomic E-state index is -0.314. The maximum atomic E-state index is 11.8. The number of carbonyl (C=O) groups is 1. The molecule has 0 amide bonds. The van der Waals surface area contributed by atoms with Gasteiger partial charge in [0.1, 0.15) is 0 Å². The summed E-state index contributed by atoms with van der Waals surface area (Å²) < 4.78 is 5.03. The average molecular weight is 371 g/mol. The van der Waals surface area contributed by atoms with E-state index in [1.54, 1.807) is 19.1 Å². The smallest absolute Gasteiger partial charge is 0.338 e. The number of rotatable bonds is 5. The third-order valence-corrected chi connectivity index (χ3v) is 4.45. The number of ether oxygens (including phenoxy) is 1. The Morgan fingerprint density at radius 2 is 1.85 bits per heavy atom. The van der Waals surface area contributed by atoms with Crippen LogP contribution in [0.1, 0.15) is 52.5 Å². The summed E-state index contributed by atoms with van der Waals surface area (Å²) in [5.74, 6) is -0.314. The van der Waals surface area contributed by atoms with Crippen LogP contribution in [-0.4, -0.2) is 17.7 Å². The number of hydrogen-bond acceptors (Lipinski definition) is 3. The first-order valence-corrected chi connectivity index (χ1v) is 9.15. The van der Waals surface area contributed by atoms with Crippen molar-refractivity contribution in [1.82, 2.24) is 5.32 Å². The van der Waals surface area contributed by atoms with Gasteiger partial charge in [-0.15, -0.1) is 0 Å². The molecule has 0 bridgehead atoms. The molecule has 0 saturated heterocycles. The van der Waals surface area contributed by atoms with Crippen molar-refractivity contribution in [3.63, 3.8) is 0 Å². The van der Waals surface area contributed by atoms with Crippen molar-refractivity contribution < 1.29 is 9.53 Å². The zero-order valence-electron chi connectivity index (χ0n) is 16.0. The first-order chi connectivity index (χ1) is 12.3. The van der Waals surface area contributed by atoms with E-state index >= 15 is 0 Å². The van der Waals surface area contributed by atoms with Crippen molar-refractivity contribution in [1.29, 1.82) is 0 Å². The number of thiocarbonyl (C=S) groups is 1. The SMILES string of the molecule is CCOC(=O)c1ccc(NC(=S)N[C@@H](C)c2cc(C)ccc2C)c(C)c1. The summed E-state index contributed by atoms with van der Waals surface area (Å²) in [5, 5.41) is 7.08. The minimum Gasteiger partial charge on any atom is -0.462 e. The van der Waals surface area contributed by atoms with Gasteiger partial charge in [0, 0.05) is 5.69 Å². The summed E-state index contributed by atoms with van der Waals surface area (Å²) in [6.45, 7) is 10.4. The van der Waals surface area contributed by atoms with E-state index in [9.17, 15) is 4.79 Å². The molecule has 0 aromatic heterocycles. The third kappa shape index (κ3) is 5.05. The molecule has 0 unspecified atom stereocenters. The highest BCUT2D eigenvalue weighted by Crippen LogP contribution is 2.20. The van der Waals surface area contributed by atoms with Crippen LogP contribution in [0.2, 0.25) is 0 Å². The van der Waals surface area contributed by atoms with E-state index in [1.165, 1.54) is 16.7 Å². The average Bonchev–Trinajstić information content (AvgIpc) is 2.58. The van der Waals surface area contributed by atoms with Gasteiger partial charge in [-0.2, -0.15) is 0 Å². The van der Waals surface area contributed by atoms with Gasteiger partial charge in [-0.05, 0) is 81.7 Å². The highest BCUT2D eigenvalue weighted by molar-refractivity contribution is 7.80. The summed E-state index contributed by atoms with van der Waals surface area (Å²) in [7, 11) is 0. The van der Waals surface area contributed by atoms with Crippen LogP contribution in [0.15, 0.2) is 36.4 Å². The van der Waals surface area contributed by atoms with Gasteiger partial charge < -0.3 is 15.4 Å². The molecule has 138 valence electrons. The maximum absolute atomic E-state index is 11.8. The van der Waals surface area contributed by atoms with Gasteiger partial charge in [-0.1, -0.05) is 23.8 Å². The lowest BCUT2D eigenvalue weighted by molar-refractivity contribution is 0.0526. The van der Waals surface area contributed by atoms with E-state index in [1.807, 2.05) is 13.0 Å². The number of aryl methyl sites for hydroxylation is 3. The molecule has 4 nitrogen and oxygen atoms in total. The van der Waals surface area contributed by atoms with E-state index in [0.717, 1.165) is 11.3 Å². The van der Waals surface area contributed by atoms with E-state index in [-0.39, 0.29) is 12.0 Å². The molecule has 0 aliphatic carbocycles. The predicted molar refractivity (Wildman–Crippen MR) is 111 cm³/mol. The molecule has 2 aromatic rings. The van der Waals surface area contributed by atoms with Crippen LogP contribution in [-0.2, 0) is 4.74 Å². The van der Waals surface area contributed by atoms with Crippen LogP contribution in [0.4, 0.5) is 5.69 Å². The van der Waals surface area contributed by atoms with Gasteiger partial charge in [0.2, 0.25) is 0 Å². The van der Waals surface area contributed by atoms with Gasteiger partial charge in [-0.25, -0.2) is 4.79 Å². The van der Waals surface area contributed by atoms with Gasteiger partial charge in [0.25, 0.3) is 0 Å². The number of nitrogens with one attached hydrogen (secondary N) is 2. The summed E-state index contributed by atoms with van der Waals surface area (Å²) >= 11 is 5.46. The van der Waals surface area contributed by atoms with E-state index < -0.39 is 0 Å². The van der Waals surface area contributed by atoms with Gasteiger partial charge in [0.15, 0.2) is 5.11 Å². The van der Waals surface area contributed by atoms with Crippen molar-refractivity contribution in [2.24, 2.45) is 0 Å². The standard InChI is InChI=1S/C21H26N2O2S/c1-6-25-20(24)17-9-10-19(15(4)12-17)23-21(26)22-16(5)18-11-13(2)7-8-14(18)3/h7-12,16H,6H2,1-5H3,(H2,22,23,26)/t16-/m0/s1. The molecular weight excluding hydrogens is 344 g/mol. The topological polar surface area (TPSA) is 50.4 Å². The Labute approximate surface area is 161 Å². The summed E-state index contributed by atoms with van der Waals surface area (Å²) in [6.07, 6.45) is 0. The van der Waals surface area contributed by atoms with E-state index in [0.29, 0.717) is 17.3 Å². The lowest BCUT2D eigenvalue weighted by Gasteiger charge is -2.20. The molecule has 0 heterocycles. The van der Waals surface area contributed by atoms with Gasteiger partial charge in [-0.3, -0.25) is 0 Å². The summed E-state index contributed by atoms with van der Waals surface area (Å²) in [4.78, 5) is 11.8. The van der Waals surface area contributed by atoms with Crippen molar-refractivity contribution in [2.75, 3.05) is 11.9 Å². The first kappa shape index (κ1) is 19.9. The molecule has 2 aromatic carbocycles. The molecule has 1 atom stereocenters. The Bertz CT molecular complexity index is 818. The Morgan fingerprint density at radius 3 is 2.50 bits per heavy atom. The second-order valence-electron chi connectivity index (χ2n) is 6.43. The minimum absolute atomic E-state index is 0.0917. The Morgan fingerprint density at radius 1 is 1.12 bits per heavy atom. The molecule has 0 radical (unpaired) electrons. The number of carbonyl (C=O) groups excluding carboxylic acids is 1. The zero-order chi connectivity index (χ0) is 19.3. The third-order valence-electron chi connectivity index (χ3n) is 4.23. The Kier molecular flexibility index (Phi) is 6.75. The van der Waals surface area contributed by atoms with Crippen molar-refractivity contribution in [3.8, 4) is 0 Å². The Hall–Kier alpha value is -2.40. The number of benzene rings is 2. The lowest BCUT2D eigenvalue weighted by atomic mass is 10.0. The second-order valence-corrected chi connectivity index (χ2v) is 6.84. The molecule has 0 aliphatic rings. The molecular formula is C21H26N2O2S. The fourth-order valence-corrected chi connectivity index (χ4v) is 3.09. The molecule has 2 rings (SSSR count). The molecule has 2 N–H and O–H groups in total. The molecule has 0 aliphatic heterocycles. The van der Waals surface area contributed by atoms with E-state index in [4.69, 9.17) is 17.0 Å². The molecule has 0 saturated carbocycles. The lowest BCUT2D eigenvalue weighted by Crippen LogP contribution is -2.31. The van der Waals surface area contributed by atoms with Crippen molar-refractivity contribution in [3.05, 3.63) is 64.2 Å². The fraction of sp³-hybridized carbons (Fsp3) is 0.333. The summed E-state index contributed by atoms with van der Waals surface area (Å²) in [6, 6.07) is 11.9. The van der Waals surface area contributed by atoms with E-state index in [2.05, 4.69) is 49.6 Å². The normalized spacial score (nSPS) is 11.6. The largest absolute Gasteiger partial charge is 0.462 e. The van der Waals surface area contributed by atoms with Crippen LogP contribution in [0, 0.1) is 20.8 Å². The Balaban J connectivity index is 2.05. The monoisotopic (exact) mass is 370 g/mol. The van der Waals surface area contributed by atoms with Gasteiger partial charge >= 0.3 is 5.97 Å². The van der Waals surface area contributed by atoms with Crippen molar-refractivity contribution >= 4 is 29.0 Å². The fourth-order valence-electron chi connectivity index (χ4n) is 2.80. The number of hydrogen-bond donors (Lipinski definition) is 2. The van der Waals surface area contributed by atoms with Crippen LogP contribution in [0.3, 0.4) is 0 Å². The molecule has 5 heteroatoms. The maximum Gasteiger partial charge on any atom is 0.338 e. The van der Waals surface area contributed by atoms with Gasteiger partial charge in [0.05, 0.1) is 18.2 Å². The second kappa shape index (κ2) is 8.81. The van der Waals surface area contributed by atoms with Crippen molar-refractivity contribution in [2.45, 2.75) is 40.7 Å². The number of esters is 1. The molecule has 0 spiro atoms. The highest BCUT2D eigenvalue weighted by Gasteiger charge is 2.12.